The highest BCUT2D eigenvalue weighted by Gasteiger charge is 2.51. The summed E-state index contributed by atoms with van der Waals surface area (Å²) in [5, 5.41) is 8.85. The zero-order chi connectivity index (χ0) is 12.5. The fraction of sp³-hybridized carbons (Fsp3) is 0.667. The van der Waals surface area contributed by atoms with Crippen molar-refractivity contribution in [1.82, 2.24) is 4.90 Å². The normalized spacial score (nSPS) is 31.1. The van der Waals surface area contributed by atoms with E-state index >= 15 is 0 Å². The van der Waals surface area contributed by atoms with E-state index in [2.05, 4.69) is 6.58 Å². The maximum Gasteiger partial charge on any atom is 0.410 e. The van der Waals surface area contributed by atoms with Crippen LogP contribution in [-0.2, 0) is 9.53 Å². The zero-order valence-electron chi connectivity index (χ0n) is 9.72. The molecule has 2 fully saturated rings. The predicted octanol–water partition coefficient (Wildman–Crippen LogP) is 1.50. The van der Waals surface area contributed by atoms with Gasteiger partial charge in [0, 0.05) is 13.1 Å². The topological polar surface area (TPSA) is 66.8 Å². The van der Waals surface area contributed by atoms with Crippen molar-refractivity contribution in [2.24, 2.45) is 11.3 Å². The third-order valence-corrected chi connectivity index (χ3v) is 3.73. The van der Waals surface area contributed by atoms with E-state index in [1.165, 1.54) is 6.08 Å². The van der Waals surface area contributed by atoms with E-state index in [1.807, 2.05) is 0 Å². The summed E-state index contributed by atoms with van der Waals surface area (Å²) in [4.78, 5) is 24.0. The van der Waals surface area contributed by atoms with Gasteiger partial charge in [0.1, 0.15) is 6.61 Å². The second kappa shape index (κ2) is 4.39. The van der Waals surface area contributed by atoms with Crippen LogP contribution in [0.5, 0.6) is 0 Å². The van der Waals surface area contributed by atoms with Crippen molar-refractivity contribution >= 4 is 12.1 Å². The van der Waals surface area contributed by atoms with Crippen molar-refractivity contribution in [1.29, 1.82) is 0 Å². The van der Waals surface area contributed by atoms with Gasteiger partial charge in [-0.3, -0.25) is 4.79 Å². The number of ether oxygens (including phenoxy) is 1. The van der Waals surface area contributed by atoms with Crippen LogP contribution >= 0.6 is 0 Å². The molecule has 2 rings (SSSR count). The van der Waals surface area contributed by atoms with E-state index in [0.717, 1.165) is 6.42 Å². The fourth-order valence-electron chi connectivity index (χ4n) is 2.81. The molecule has 5 heteroatoms. The molecule has 1 aliphatic carbocycles. The molecule has 0 unspecified atom stereocenters. The Hall–Kier alpha value is -1.52. The number of carboxylic acids is 1. The van der Waals surface area contributed by atoms with Crippen molar-refractivity contribution in [2.75, 3.05) is 19.7 Å². The van der Waals surface area contributed by atoms with Crippen molar-refractivity contribution in [3.63, 3.8) is 0 Å². The number of carbonyl (C=O) groups is 2. The molecule has 1 saturated carbocycles. The molecule has 0 bridgehead atoms. The summed E-state index contributed by atoms with van der Waals surface area (Å²) >= 11 is 0. The molecule has 1 amide bonds. The lowest BCUT2D eigenvalue weighted by Gasteiger charge is -2.42. The third-order valence-electron chi connectivity index (χ3n) is 3.73. The molecule has 0 aromatic heterocycles. The number of rotatable bonds is 3. The largest absolute Gasteiger partial charge is 0.481 e. The Morgan fingerprint density at radius 3 is 2.82 bits per heavy atom. The van der Waals surface area contributed by atoms with Crippen molar-refractivity contribution in [3.8, 4) is 0 Å². The summed E-state index contributed by atoms with van der Waals surface area (Å²) in [6.07, 6.45) is 3.48. The molecule has 0 radical (unpaired) electrons. The van der Waals surface area contributed by atoms with Crippen LogP contribution in [0.2, 0.25) is 0 Å². The molecule has 2 aliphatic rings. The van der Waals surface area contributed by atoms with Crippen LogP contribution in [0.1, 0.15) is 19.3 Å². The molecular formula is C12H17NO4. The molecule has 1 heterocycles. The average Bonchev–Trinajstić information content (AvgIpc) is 2.68. The molecular weight excluding hydrogens is 222 g/mol. The number of carbonyl (C=O) groups excluding carboxylic acids is 1. The van der Waals surface area contributed by atoms with Crippen LogP contribution in [0.15, 0.2) is 12.7 Å². The van der Waals surface area contributed by atoms with Crippen molar-refractivity contribution in [3.05, 3.63) is 12.7 Å². The van der Waals surface area contributed by atoms with Crippen LogP contribution in [0.4, 0.5) is 4.79 Å². The van der Waals surface area contributed by atoms with E-state index in [9.17, 15) is 9.59 Å². The second-order valence-electron chi connectivity index (χ2n) is 4.98. The lowest BCUT2D eigenvalue weighted by Crippen LogP contribution is -2.43. The first-order chi connectivity index (χ1) is 8.06. The number of aliphatic carboxylic acids is 1. The van der Waals surface area contributed by atoms with Gasteiger partial charge >= 0.3 is 12.1 Å². The minimum absolute atomic E-state index is 0.0380. The van der Waals surface area contributed by atoms with Crippen LogP contribution < -0.4 is 0 Å². The molecule has 0 aromatic carbocycles. The smallest absolute Gasteiger partial charge is 0.410 e. The minimum Gasteiger partial charge on any atom is -0.481 e. The molecule has 1 N–H and O–H groups in total. The van der Waals surface area contributed by atoms with E-state index in [0.29, 0.717) is 25.9 Å². The van der Waals surface area contributed by atoms with Crippen molar-refractivity contribution < 1.29 is 19.4 Å². The molecule has 0 atom stereocenters. The summed E-state index contributed by atoms with van der Waals surface area (Å²) in [5.41, 5.74) is 0.0380. The molecule has 0 aromatic rings. The van der Waals surface area contributed by atoms with Gasteiger partial charge in [-0.2, -0.15) is 0 Å². The standard InChI is InChI=1S/C12H17NO4/c1-2-5-17-11(16)13-4-3-12(8-13)6-9(7-12)10(14)15/h2,9H,1,3-8H2,(H,14,15). The molecule has 1 aliphatic heterocycles. The Labute approximate surface area is 100 Å². The highest BCUT2D eigenvalue weighted by molar-refractivity contribution is 5.72. The SMILES string of the molecule is C=CCOC(=O)N1CCC2(CC(C(=O)O)C2)C1. The Morgan fingerprint density at radius 1 is 1.53 bits per heavy atom. The van der Waals surface area contributed by atoms with Gasteiger partial charge in [0.05, 0.1) is 5.92 Å². The van der Waals surface area contributed by atoms with E-state index in [4.69, 9.17) is 9.84 Å². The minimum atomic E-state index is -0.719. The third kappa shape index (κ3) is 2.28. The Bertz CT molecular complexity index is 346. The molecule has 17 heavy (non-hydrogen) atoms. The van der Waals surface area contributed by atoms with Crippen LogP contribution in [0.3, 0.4) is 0 Å². The number of likely N-dealkylation sites (tertiary alicyclic amines) is 1. The van der Waals surface area contributed by atoms with Gasteiger partial charge in [0.15, 0.2) is 0 Å². The highest BCUT2D eigenvalue weighted by Crippen LogP contribution is 2.51. The quantitative estimate of drug-likeness (QED) is 0.758. The Balaban J connectivity index is 1.82. The lowest BCUT2D eigenvalue weighted by atomic mass is 9.61. The Morgan fingerprint density at radius 2 is 2.24 bits per heavy atom. The summed E-state index contributed by atoms with van der Waals surface area (Å²) in [6, 6.07) is 0. The summed E-state index contributed by atoms with van der Waals surface area (Å²) in [7, 11) is 0. The summed E-state index contributed by atoms with van der Waals surface area (Å²) in [5.74, 6) is -0.942. The van der Waals surface area contributed by atoms with Gasteiger partial charge < -0.3 is 14.7 Å². The number of amides is 1. The number of nitrogens with zero attached hydrogens (tertiary/aromatic N) is 1. The maximum atomic E-state index is 11.6. The summed E-state index contributed by atoms with van der Waals surface area (Å²) in [6.45, 7) is 5.01. The predicted molar refractivity (Wildman–Crippen MR) is 60.5 cm³/mol. The van der Waals surface area contributed by atoms with Crippen LogP contribution in [0.25, 0.3) is 0 Å². The first-order valence-corrected chi connectivity index (χ1v) is 5.82. The maximum absolute atomic E-state index is 11.6. The second-order valence-corrected chi connectivity index (χ2v) is 4.98. The lowest BCUT2D eigenvalue weighted by molar-refractivity contribution is -0.149. The van der Waals surface area contributed by atoms with E-state index in [-0.39, 0.29) is 24.0 Å². The average molecular weight is 239 g/mol. The van der Waals surface area contributed by atoms with Crippen molar-refractivity contribution in [2.45, 2.75) is 19.3 Å². The van der Waals surface area contributed by atoms with Gasteiger partial charge in [-0.15, -0.1) is 0 Å². The van der Waals surface area contributed by atoms with E-state index in [1.54, 1.807) is 4.90 Å². The van der Waals surface area contributed by atoms with Gasteiger partial charge in [-0.1, -0.05) is 12.7 Å². The molecule has 5 nitrogen and oxygen atoms in total. The number of hydrogen-bond donors (Lipinski definition) is 1. The van der Waals surface area contributed by atoms with Gasteiger partial charge in [-0.05, 0) is 24.7 Å². The molecule has 1 spiro atoms. The molecule has 1 saturated heterocycles. The van der Waals surface area contributed by atoms with Gasteiger partial charge in [-0.25, -0.2) is 4.79 Å². The van der Waals surface area contributed by atoms with Crippen LogP contribution in [-0.4, -0.2) is 41.8 Å². The Kier molecular flexibility index (Phi) is 3.09. The first kappa shape index (κ1) is 12.0. The monoisotopic (exact) mass is 239 g/mol. The number of carboxylic acid groups (broad SMARTS) is 1. The molecule has 94 valence electrons. The zero-order valence-corrected chi connectivity index (χ0v) is 9.72. The van der Waals surface area contributed by atoms with Gasteiger partial charge in [0.25, 0.3) is 0 Å². The van der Waals surface area contributed by atoms with E-state index < -0.39 is 5.97 Å². The van der Waals surface area contributed by atoms with Gasteiger partial charge in [0.2, 0.25) is 0 Å². The summed E-state index contributed by atoms with van der Waals surface area (Å²) < 4.78 is 4.96. The highest BCUT2D eigenvalue weighted by atomic mass is 16.6. The first-order valence-electron chi connectivity index (χ1n) is 5.82. The number of hydrogen-bond acceptors (Lipinski definition) is 3. The fourth-order valence-corrected chi connectivity index (χ4v) is 2.81. The van der Waals surface area contributed by atoms with Crippen LogP contribution in [0, 0.1) is 11.3 Å².